The lowest BCUT2D eigenvalue weighted by atomic mass is 9.87. The predicted molar refractivity (Wildman–Crippen MR) is 136 cm³/mol. The summed E-state index contributed by atoms with van der Waals surface area (Å²) in [5.41, 5.74) is 2.21. The lowest BCUT2D eigenvalue weighted by Crippen LogP contribution is -2.53. The predicted octanol–water partition coefficient (Wildman–Crippen LogP) is 4.60. The van der Waals surface area contributed by atoms with E-state index < -0.39 is 24.2 Å². The molecule has 2 aromatic rings. The van der Waals surface area contributed by atoms with Gasteiger partial charge in [-0.1, -0.05) is 58.2 Å². The number of hydrogen-bond donors (Lipinski definition) is 2. The molecule has 35 heavy (non-hydrogen) atoms. The minimum absolute atomic E-state index is 0.0640. The Kier molecular flexibility index (Phi) is 7.85. The van der Waals surface area contributed by atoms with E-state index in [4.69, 9.17) is 0 Å². The first-order chi connectivity index (χ1) is 16.8. The summed E-state index contributed by atoms with van der Waals surface area (Å²) in [4.78, 5) is 33.4. The molecule has 1 aliphatic carbocycles. The van der Waals surface area contributed by atoms with Gasteiger partial charge in [0.05, 0.1) is 0 Å². The van der Waals surface area contributed by atoms with Crippen molar-refractivity contribution in [3.05, 3.63) is 59.9 Å². The molecule has 0 radical (unpaired) electrons. The van der Waals surface area contributed by atoms with E-state index in [0.29, 0.717) is 17.8 Å². The van der Waals surface area contributed by atoms with Crippen LogP contribution >= 0.6 is 0 Å². The molecular formula is C28H37FN4O2. The highest BCUT2D eigenvalue weighted by Gasteiger charge is 2.41. The van der Waals surface area contributed by atoms with Gasteiger partial charge in [0.25, 0.3) is 0 Å². The largest absolute Gasteiger partial charge is 0.351 e. The fourth-order valence-corrected chi connectivity index (χ4v) is 5.07. The van der Waals surface area contributed by atoms with E-state index >= 15 is 0 Å². The Morgan fingerprint density at radius 1 is 1.09 bits per heavy atom. The van der Waals surface area contributed by atoms with Crippen molar-refractivity contribution >= 4 is 17.5 Å². The number of halogens is 1. The highest BCUT2D eigenvalue weighted by Crippen LogP contribution is 2.33. The highest BCUT2D eigenvalue weighted by molar-refractivity contribution is 6.04. The van der Waals surface area contributed by atoms with Crippen molar-refractivity contribution in [1.29, 1.82) is 0 Å². The molecular weight excluding hydrogens is 443 g/mol. The second-order valence-corrected chi connectivity index (χ2v) is 10.8. The molecule has 188 valence electrons. The van der Waals surface area contributed by atoms with Crippen molar-refractivity contribution in [2.24, 2.45) is 0 Å². The zero-order chi connectivity index (χ0) is 25.0. The van der Waals surface area contributed by atoms with Crippen LogP contribution in [0.2, 0.25) is 0 Å². The molecule has 4 rings (SSSR count). The molecule has 2 N–H and O–H groups in total. The van der Waals surface area contributed by atoms with E-state index in [0.717, 1.165) is 31.2 Å². The average molecular weight is 481 g/mol. The molecule has 2 heterocycles. The number of alkyl halides is 1. The highest BCUT2D eigenvalue weighted by atomic mass is 19.1. The number of pyridine rings is 1. The average Bonchev–Trinajstić information content (AvgIpc) is 3.28. The Hall–Kier alpha value is -2.80. The molecule has 1 aliphatic heterocycles. The first-order valence-electron chi connectivity index (χ1n) is 12.8. The third-order valence-electron chi connectivity index (χ3n) is 7.12. The Bertz CT molecular complexity index is 1000. The number of hydrogen-bond acceptors (Lipinski definition) is 4. The number of nitrogens with one attached hydrogen (secondary N) is 2. The van der Waals surface area contributed by atoms with Crippen molar-refractivity contribution in [3.8, 4) is 0 Å². The third kappa shape index (κ3) is 5.89. The van der Waals surface area contributed by atoms with Crippen LogP contribution in [0, 0.1) is 0 Å². The van der Waals surface area contributed by atoms with Gasteiger partial charge in [-0.05, 0) is 55.0 Å². The van der Waals surface area contributed by atoms with Gasteiger partial charge in [0.15, 0.2) is 0 Å². The van der Waals surface area contributed by atoms with Crippen molar-refractivity contribution in [1.82, 2.24) is 15.6 Å². The maximum absolute atomic E-state index is 14.8. The van der Waals surface area contributed by atoms with Gasteiger partial charge in [-0.15, -0.1) is 0 Å². The number of rotatable bonds is 6. The van der Waals surface area contributed by atoms with Crippen LogP contribution in [0.3, 0.4) is 0 Å². The maximum atomic E-state index is 14.8. The molecule has 1 saturated heterocycles. The fraction of sp³-hybridized carbons (Fsp3) is 0.536. The Balaban J connectivity index is 1.75. The summed E-state index contributed by atoms with van der Waals surface area (Å²) in [6, 6.07) is 9.37. The van der Waals surface area contributed by atoms with Crippen molar-refractivity contribution in [2.45, 2.75) is 89.0 Å². The number of carbonyl (C=O) groups is 2. The summed E-state index contributed by atoms with van der Waals surface area (Å²) in [6.07, 6.45) is 7.42. The fourth-order valence-electron chi connectivity index (χ4n) is 5.07. The summed E-state index contributed by atoms with van der Waals surface area (Å²) >= 11 is 0. The standard InChI is InChI=1S/C28H37FN4O2/c1-28(2,3)20-11-13-22(14-12-20)33(27(35)24-23(29)15-17-31-24)25(19-8-7-16-30-18-19)26(34)32-21-9-5-4-6-10-21/h7-8,11-14,16,18,21,23-25,31H,4-6,9-10,15,17H2,1-3H3,(H,32,34)/t23-,24?,25?/m1/s1. The lowest BCUT2D eigenvalue weighted by molar-refractivity contribution is -0.128. The van der Waals surface area contributed by atoms with Gasteiger partial charge in [0, 0.05) is 29.7 Å². The molecule has 7 heteroatoms. The molecule has 2 fully saturated rings. The first-order valence-corrected chi connectivity index (χ1v) is 12.8. The van der Waals surface area contributed by atoms with Crippen LogP contribution in [0.1, 0.15) is 76.5 Å². The van der Waals surface area contributed by atoms with E-state index in [1.165, 1.54) is 11.3 Å². The quantitative estimate of drug-likeness (QED) is 0.634. The third-order valence-corrected chi connectivity index (χ3v) is 7.12. The number of carbonyl (C=O) groups excluding carboxylic acids is 2. The van der Waals surface area contributed by atoms with E-state index in [9.17, 15) is 14.0 Å². The minimum Gasteiger partial charge on any atom is -0.351 e. The summed E-state index contributed by atoms with van der Waals surface area (Å²) in [5, 5.41) is 6.19. The molecule has 2 amide bonds. The van der Waals surface area contributed by atoms with Crippen molar-refractivity contribution in [2.75, 3.05) is 11.4 Å². The number of nitrogens with zero attached hydrogens (tertiary/aromatic N) is 2. The molecule has 1 aromatic carbocycles. The summed E-state index contributed by atoms with van der Waals surface area (Å²) in [7, 11) is 0. The normalized spacial score (nSPS) is 21.9. The lowest BCUT2D eigenvalue weighted by Gasteiger charge is -2.35. The second-order valence-electron chi connectivity index (χ2n) is 10.8. The zero-order valence-electron chi connectivity index (χ0n) is 21.0. The SMILES string of the molecule is CC(C)(C)c1ccc(N(C(=O)C2NCC[C@H]2F)C(C(=O)NC2CCCCC2)c2cccnc2)cc1. The van der Waals surface area contributed by atoms with Crippen LogP contribution < -0.4 is 15.5 Å². The molecule has 1 aromatic heterocycles. The van der Waals surface area contributed by atoms with E-state index in [-0.39, 0.29) is 23.8 Å². The van der Waals surface area contributed by atoms with Crippen LogP contribution in [0.4, 0.5) is 10.1 Å². The minimum atomic E-state index is -1.30. The number of amides is 2. The smallest absolute Gasteiger partial charge is 0.248 e. The Morgan fingerprint density at radius 3 is 2.37 bits per heavy atom. The van der Waals surface area contributed by atoms with Gasteiger partial charge in [0.1, 0.15) is 18.3 Å². The summed E-state index contributed by atoms with van der Waals surface area (Å²) < 4.78 is 14.8. The van der Waals surface area contributed by atoms with Gasteiger partial charge in [-0.2, -0.15) is 0 Å². The van der Waals surface area contributed by atoms with Gasteiger partial charge in [-0.25, -0.2) is 4.39 Å². The monoisotopic (exact) mass is 480 g/mol. The summed E-state index contributed by atoms with van der Waals surface area (Å²) in [5.74, 6) is -0.697. The van der Waals surface area contributed by atoms with Crippen LogP contribution in [0.15, 0.2) is 48.8 Å². The second kappa shape index (κ2) is 10.9. The van der Waals surface area contributed by atoms with Crippen LogP contribution in [-0.4, -0.2) is 41.6 Å². The van der Waals surface area contributed by atoms with Gasteiger partial charge in [-0.3, -0.25) is 19.5 Å². The number of anilines is 1. The van der Waals surface area contributed by atoms with Gasteiger partial charge in [0.2, 0.25) is 11.8 Å². The van der Waals surface area contributed by atoms with Gasteiger partial charge < -0.3 is 10.6 Å². The number of benzene rings is 1. The van der Waals surface area contributed by atoms with Crippen LogP contribution in [-0.2, 0) is 15.0 Å². The van der Waals surface area contributed by atoms with Crippen molar-refractivity contribution < 1.29 is 14.0 Å². The molecule has 3 atom stereocenters. The van der Waals surface area contributed by atoms with E-state index in [1.807, 2.05) is 24.3 Å². The van der Waals surface area contributed by atoms with Crippen LogP contribution in [0.25, 0.3) is 0 Å². The zero-order valence-corrected chi connectivity index (χ0v) is 21.0. The molecule has 2 aliphatic rings. The van der Waals surface area contributed by atoms with Gasteiger partial charge >= 0.3 is 0 Å². The molecule has 2 unspecified atom stereocenters. The Labute approximate surface area is 207 Å². The topological polar surface area (TPSA) is 74.3 Å². The maximum Gasteiger partial charge on any atom is 0.248 e. The van der Waals surface area contributed by atoms with E-state index in [1.54, 1.807) is 24.5 Å². The summed E-state index contributed by atoms with van der Waals surface area (Å²) in [6.45, 7) is 6.80. The molecule has 6 nitrogen and oxygen atoms in total. The van der Waals surface area contributed by atoms with E-state index in [2.05, 4.69) is 36.4 Å². The Morgan fingerprint density at radius 2 is 1.80 bits per heavy atom. The first kappa shape index (κ1) is 25.3. The van der Waals surface area contributed by atoms with Crippen LogP contribution in [0.5, 0.6) is 0 Å². The molecule has 1 saturated carbocycles. The number of aromatic nitrogens is 1. The van der Waals surface area contributed by atoms with Crippen molar-refractivity contribution in [3.63, 3.8) is 0 Å². The molecule has 0 bridgehead atoms. The molecule has 0 spiro atoms.